The number of rotatable bonds is 10. The first kappa shape index (κ1) is 19.1. The lowest BCUT2D eigenvalue weighted by Crippen LogP contribution is -2.35. The van der Waals surface area contributed by atoms with Crippen LogP contribution in [0.5, 0.6) is 11.5 Å². The Balaban J connectivity index is 2.01. The fraction of sp³-hybridized carbons (Fsp3) is 0.368. The van der Waals surface area contributed by atoms with Crippen LogP contribution >= 0.6 is 0 Å². The van der Waals surface area contributed by atoms with Crippen LogP contribution in [-0.2, 0) is 10.0 Å². The number of unbranched alkanes of at least 4 members (excludes halogenated alkanes) is 1. The van der Waals surface area contributed by atoms with E-state index in [4.69, 9.17) is 9.47 Å². The molecule has 0 N–H and O–H groups in total. The van der Waals surface area contributed by atoms with E-state index in [9.17, 15) is 8.42 Å². The van der Waals surface area contributed by atoms with Crippen molar-refractivity contribution in [3.63, 3.8) is 0 Å². The molecule has 0 saturated heterocycles. The Morgan fingerprint density at radius 1 is 0.960 bits per heavy atom. The summed E-state index contributed by atoms with van der Waals surface area (Å²) in [5, 5.41) is 0. The van der Waals surface area contributed by atoms with Crippen LogP contribution in [-0.4, -0.2) is 34.4 Å². The zero-order valence-corrected chi connectivity index (χ0v) is 15.5. The maximum atomic E-state index is 12.8. The average molecular weight is 363 g/mol. The molecule has 5 nitrogen and oxygen atoms in total. The van der Waals surface area contributed by atoms with Crippen LogP contribution in [0.4, 0.5) is 5.69 Å². The average Bonchev–Trinajstić information content (AvgIpc) is 2.63. The highest BCUT2D eigenvalue weighted by Gasteiger charge is 2.22. The van der Waals surface area contributed by atoms with E-state index in [1.54, 1.807) is 31.4 Å². The molecule has 0 amide bonds. The Labute approximate surface area is 150 Å². The van der Waals surface area contributed by atoms with Crippen LogP contribution in [0.25, 0.3) is 0 Å². The van der Waals surface area contributed by atoms with Crippen molar-refractivity contribution < 1.29 is 17.9 Å². The van der Waals surface area contributed by atoms with Crippen LogP contribution in [0.3, 0.4) is 0 Å². The van der Waals surface area contributed by atoms with Crippen molar-refractivity contribution in [2.24, 2.45) is 0 Å². The van der Waals surface area contributed by atoms with Crippen molar-refractivity contribution in [3.8, 4) is 11.5 Å². The minimum atomic E-state index is -3.45. The maximum absolute atomic E-state index is 12.8. The Morgan fingerprint density at radius 3 is 2.20 bits per heavy atom. The van der Waals surface area contributed by atoms with Crippen molar-refractivity contribution in [1.82, 2.24) is 0 Å². The fourth-order valence-electron chi connectivity index (χ4n) is 2.37. The van der Waals surface area contributed by atoms with Gasteiger partial charge in [-0.15, -0.1) is 0 Å². The molecule has 0 aliphatic rings. The van der Waals surface area contributed by atoms with E-state index in [2.05, 4.69) is 0 Å². The van der Waals surface area contributed by atoms with Gasteiger partial charge >= 0.3 is 0 Å². The second-order valence-electron chi connectivity index (χ2n) is 5.60. The third kappa shape index (κ3) is 5.67. The number of hydrogen-bond acceptors (Lipinski definition) is 4. The molecule has 0 heterocycles. The van der Waals surface area contributed by atoms with Gasteiger partial charge in [-0.25, -0.2) is 8.42 Å². The summed E-state index contributed by atoms with van der Waals surface area (Å²) >= 11 is 0. The summed E-state index contributed by atoms with van der Waals surface area (Å²) < 4.78 is 37.6. The third-order valence-electron chi connectivity index (χ3n) is 3.76. The molecule has 0 aliphatic heterocycles. The first-order valence-corrected chi connectivity index (χ1v) is 10.00. The highest BCUT2D eigenvalue weighted by molar-refractivity contribution is 7.92. The number of para-hydroxylation sites is 1. The molecule has 0 bridgehead atoms. The summed E-state index contributed by atoms with van der Waals surface area (Å²) in [7, 11) is -1.85. The zero-order chi connectivity index (χ0) is 18.1. The molecular weight excluding hydrogens is 338 g/mol. The molecule has 2 rings (SSSR count). The van der Waals surface area contributed by atoms with Gasteiger partial charge in [-0.2, -0.15) is 0 Å². The Kier molecular flexibility index (Phi) is 7.13. The molecule has 2 aromatic rings. The zero-order valence-electron chi connectivity index (χ0n) is 14.7. The lowest BCUT2D eigenvalue weighted by Gasteiger charge is -2.24. The lowest BCUT2D eigenvalue weighted by molar-refractivity contribution is 0.339. The van der Waals surface area contributed by atoms with Gasteiger partial charge in [-0.1, -0.05) is 31.5 Å². The summed E-state index contributed by atoms with van der Waals surface area (Å²) in [6, 6.07) is 16.3. The number of nitrogens with zero attached hydrogens (tertiary/aromatic N) is 1. The van der Waals surface area contributed by atoms with Crippen LogP contribution in [0, 0.1) is 0 Å². The Hall–Kier alpha value is -2.21. The standard InChI is InChI=1S/C19H25NO4S/c1-3-4-14-20(17-8-6-5-7-9-17)25(21,22)16-15-24-19-12-10-18(23-2)11-13-19/h5-13H,3-4,14-16H2,1-2H3. The van der Waals surface area contributed by atoms with E-state index in [1.807, 2.05) is 37.3 Å². The van der Waals surface area contributed by atoms with E-state index in [-0.39, 0.29) is 12.4 Å². The number of hydrogen-bond donors (Lipinski definition) is 0. The predicted molar refractivity (Wildman–Crippen MR) is 101 cm³/mol. The molecule has 25 heavy (non-hydrogen) atoms. The largest absolute Gasteiger partial charge is 0.497 e. The van der Waals surface area contributed by atoms with Crippen LogP contribution in [0.1, 0.15) is 19.8 Å². The van der Waals surface area contributed by atoms with Gasteiger partial charge in [0.2, 0.25) is 10.0 Å². The van der Waals surface area contributed by atoms with Gasteiger partial charge in [0, 0.05) is 6.54 Å². The summed E-state index contributed by atoms with van der Waals surface area (Å²) in [5.74, 6) is 1.28. The molecule has 0 spiro atoms. The number of methoxy groups -OCH3 is 1. The Morgan fingerprint density at radius 2 is 1.60 bits per heavy atom. The van der Waals surface area contributed by atoms with Gasteiger partial charge in [0.25, 0.3) is 0 Å². The Bertz CT molecular complexity index is 730. The smallest absolute Gasteiger partial charge is 0.238 e. The number of sulfonamides is 1. The first-order valence-electron chi connectivity index (χ1n) is 8.39. The van der Waals surface area contributed by atoms with Crippen molar-refractivity contribution in [1.29, 1.82) is 0 Å². The van der Waals surface area contributed by atoms with Crippen molar-refractivity contribution in [3.05, 3.63) is 54.6 Å². The topological polar surface area (TPSA) is 55.8 Å². The van der Waals surface area contributed by atoms with E-state index in [0.717, 1.165) is 18.6 Å². The van der Waals surface area contributed by atoms with E-state index >= 15 is 0 Å². The molecule has 0 saturated carbocycles. The number of benzene rings is 2. The third-order valence-corrected chi connectivity index (χ3v) is 5.51. The highest BCUT2D eigenvalue weighted by atomic mass is 32.2. The van der Waals surface area contributed by atoms with Gasteiger partial charge in [0.05, 0.1) is 12.8 Å². The monoisotopic (exact) mass is 363 g/mol. The van der Waals surface area contributed by atoms with Crippen LogP contribution in [0.2, 0.25) is 0 Å². The minimum Gasteiger partial charge on any atom is -0.497 e. The molecule has 0 atom stereocenters. The number of anilines is 1. The summed E-state index contributed by atoms with van der Waals surface area (Å²) in [6.45, 7) is 2.62. The minimum absolute atomic E-state index is 0.0718. The van der Waals surface area contributed by atoms with Gasteiger partial charge in [0.1, 0.15) is 23.9 Å². The molecule has 136 valence electrons. The van der Waals surface area contributed by atoms with Gasteiger partial charge in [-0.3, -0.25) is 4.31 Å². The molecule has 0 aromatic heterocycles. The van der Waals surface area contributed by atoms with Gasteiger partial charge in [-0.05, 0) is 42.8 Å². The summed E-state index contributed by atoms with van der Waals surface area (Å²) in [6.07, 6.45) is 1.74. The number of ether oxygens (including phenoxy) is 2. The van der Waals surface area contributed by atoms with Crippen molar-refractivity contribution in [2.45, 2.75) is 19.8 Å². The van der Waals surface area contributed by atoms with Crippen molar-refractivity contribution >= 4 is 15.7 Å². The SMILES string of the molecule is CCCCN(c1ccccc1)S(=O)(=O)CCOc1ccc(OC)cc1. The summed E-state index contributed by atoms with van der Waals surface area (Å²) in [5.41, 5.74) is 0.695. The molecule has 0 radical (unpaired) electrons. The molecular formula is C19H25NO4S. The maximum Gasteiger partial charge on any atom is 0.238 e. The van der Waals surface area contributed by atoms with E-state index < -0.39 is 10.0 Å². The van der Waals surface area contributed by atoms with Gasteiger partial charge < -0.3 is 9.47 Å². The normalized spacial score (nSPS) is 11.1. The van der Waals surface area contributed by atoms with E-state index in [1.165, 1.54) is 4.31 Å². The second kappa shape index (κ2) is 9.32. The molecule has 0 fully saturated rings. The second-order valence-corrected chi connectivity index (χ2v) is 7.61. The summed E-state index contributed by atoms with van der Waals surface area (Å²) in [4.78, 5) is 0. The molecule has 0 aliphatic carbocycles. The molecule has 2 aromatic carbocycles. The van der Waals surface area contributed by atoms with Crippen LogP contribution in [0.15, 0.2) is 54.6 Å². The van der Waals surface area contributed by atoms with Crippen LogP contribution < -0.4 is 13.8 Å². The van der Waals surface area contributed by atoms with Gasteiger partial charge in [0.15, 0.2) is 0 Å². The van der Waals surface area contributed by atoms with E-state index in [0.29, 0.717) is 18.0 Å². The first-order chi connectivity index (χ1) is 12.1. The molecule has 6 heteroatoms. The quantitative estimate of drug-likeness (QED) is 0.646. The highest BCUT2D eigenvalue weighted by Crippen LogP contribution is 2.20. The predicted octanol–water partition coefficient (Wildman–Crippen LogP) is 3.71. The fourth-order valence-corrected chi connectivity index (χ4v) is 3.74. The molecule has 0 unspecified atom stereocenters. The lowest BCUT2D eigenvalue weighted by atomic mass is 10.3. The van der Waals surface area contributed by atoms with Crippen molar-refractivity contribution in [2.75, 3.05) is 30.3 Å².